The molecule has 0 bridgehead atoms. The molecule has 4 N–H and O–H groups in total. The van der Waals surface area contributed by atoms with Crippen molar-refractivity contribution in [3.63, 3.8) is 0 Å². The molecule has 0 saturated carbocycles. The van der Waals surface area contributed by atoms with Crippen LogP contribution in [0.15, 0.2) is 0 Å². The Labute approximate surface area is 98.9 Å². The Morgan fingerprint density at radius 3 is 2.88 bits per heavy atom. The van der Waals surface area contributed by atoms with E-state index >= 15 is 0 Å². The second-order valence-electron chi connectivity index (χ2n) is 4.04. The number of rotatable bonds is 4. The second-order valence-corrected chi connectivity index (χ2v) is 4.04. The first-order valence-electron chi connectivity index (χ1n) is 5.49. The lowest BCUT2D eigenvalue weighted by molar-refractivity contribution is -0.144. The third-order valence-corrected chi connectivity index (χ3v) is 2.77. The predicted molar refractivity (Wildman–Crippen MR) is 59.0 cm³/mol. The topological polar surface area (TPSA) is 113 Å². The van der Waals surface area contributed by atoms with Gasteiger partial charge in [-0.15, -0.1) is 0 Å². The van der Waals surface area contributed by atoms with Crippen molar-refractivity contribution in [2.45, 2.75) is 31.8 Å². The normalized spacial score (nSPS) is 21.9. The highest BCUT2D eigenvalue weighted by Gasteiger charge is 2.31. The Hall–Kier alpha value is -1.63. The molecule has 0 aromatic heterocycles. The van der Waals surface area contributed by atoms with Gasteiger partial charge in [0.25, 0.3) is 0 Å². The van der Waals surface area contributed by atoms with Gasteiger partial charge in [0.2, 0.25) is 11.8 Å². The first-order chi connectivity index (χ1) is 7.93. The van der Waals surface area contributed by atoms with Crippen LogP contribution in [-0.4, -0.2) is 53.0 Å². The summed E-state index contributed by atoms with van der Waals surface area (Å²) in [6, 6.07) is -1.41. The van der Waals surface area contributed by atoms with Crippen LogP contribution in [0.2, 0.25) is 0 Å². The Kier molecular flexibility index (Phi) is 4.45. The number of carboxylic acid groups (broad SMARTS) is 1. The van der Waals surface area contributed by atoms with Gasteiger partial charge >= 0.3 is 5.97 Å². The van der Waals surface area contributed by atoms with Gasteiger partial charge in [0.1, 0.15) is 6.04 Å². The fourth-order valence-electron chi connectivity index (χ4n) is 1.70. The molecule has 2 unspecified atom stereocenters. The van der Waals surface area contributed by atoms with E-state index in [4.69, 9.17) is 10.8 Å². The molecule has 1 fully saturated rings. The maximum Gasteiger partial charge on any atom is 0.303 e. The molecule has 0 spiro atoms. The quantitative estimate of drug-likeness (QED) is 0.557. The molecule has 2 atom stereocenters. The molecule has 96 valence electrons. The number of amides is 2. The van der Waals surface area contributed by atoms with Crippen LogP contribution in [0.25, 0.3) is 0 Å². The molecule has 1 saturated heterocycles. The molecule has 1 heterocycles. The van der Waals surface area contributed by atoms with Crippen LogP contribution in [0.5, 0.6) is 0 Å². The van der Waals surface area contributed by atoms with Crippen LogP contribution in [0.4, 0.5) is 0 Å². The van der Waals surface area contributed by atoms with Crippen LogP contribution in [0.3, 0.4) is 0 Å². The Bertz CT molecular complexity index is 332. The molecule has 0 radical (unpaired) electrons. The minimum Gasteiger partial charge on any atom is -0.481 e. The van der Waals surface area contributed by atoms with E-state index in [9.17, 15) is 14.4 Å². The van der Waals surface area contributed by atoms with Crippen LogP contribution in [0.1, 0.15) is 19.8 Å². The third kappa shape index (κ3) is 3.42. The highest BCUT2D eigenvalue weighted by molar-refractivity contribution is 5.90. The molecule has 17 heavy (non-hydrogen) atoms. The lowest BCUT2D eigenvalue weighted by Gasteiger charge is -2.34. The Morgan fingerprint density at radius 1 is 1.65 bits per heavy atom. The van der Waals surface area contributed by atoms with Crippen molar-refractivity contribution < 1.29 is 19.5 Å². The number of nitrogens with two attached hydrogens (primary N) is 1. The number of nitrogens with zero attached hydrogens (tertiary/aromatic N) is 1. The minimum atomic E-state index is -0.988. The van der Waals surface area contributed by atoms with Gasteiger partial charge in [-0.1, -0.05) is 0 Å². The zero-order valence-electron chi connectivity index (χ0n) is 9.68. The van der Waals surface area contributed by atoms with E-state index in [-0.39, 0.29) is 24.7 Å². The van der Waals surface area contributed by atoms with Crippen molar-refractivity contribution in [1.29, 1.82) is 0 Å². The number of piperazine rings is 1. The summed E-state index contributed by atoms with van der Waals surface area (Å²) in [5.41, 5.74) is 5.62. The van der Waals surface area contributed by atoms with Gasteiger partial charge in [-0.25, -0.2) is 0 Å². The fourth-order valence-corrected chi connectivity index (χ4v) is 1.70. The van der Waals surface area contributed by atoms with Crippen molar-refractivity contribution in [2.75, 3.05) is 13.1 Å². The minimum absolute atomic E-state index is 0.0823. The molecule has 1 aliphatic heterocycles. The van der Waals surface area contributed by atoms with Crippen molar-refractivity contribution in [2.24, 2.45) is 5.73 Å². The fraction of sp³-hybridized carbons (Fsp3) is 0.700. The molecular weight excluding hydrogens is 226 g/mol. The predicted octanol–water partition coefficient (Wildman–Crippen LogP) is -1.47. The van der Waals surface area contributed by atoms with Gasteiger partial charge in [0.05, 0.1) is 6.04 Å². The van der Waals surface area contributed by atoms with Crippen molar-refractivity contribution in [3.05, 3.63) is 0 Å². The number of carbonyl (C=O) groups is 3. The Balaban J connectivity index is 2.56. The molecule has 0 aliphatic carbocycles. The smallest absolute Gasteiger partial charge is 0.303 e. The number of hydrogen-bond donors (Lipinski definition) is 3. The van der Waals surface area contributed by atoms with E-state index in [1.807, 2.05) is 0 Å². The van der Waals surface area contributed by atoms with Gasteiger partial charge in [-0.3, -0.25) is 14.4 Å². The molecule has 1 aliphatic rings. The number of carboxylic acids is 1. The average molecular weight is 243 g/mol. The Morgan fingerprint density at radius 2 is 2.29 bits per heavy atom. The van der Waals surface area contributed by atoms with E-state index < -0.39 is 18.1 Å². The molecule has 7 heteroatoms. The summed E-state index contributed by atoms with van der Waals surface area (Å²) >= 11 is 0. The summed E-state index contributed by atoms with van der Waals surface area (Å²) in [6.07, 6.45) is -0.0691. The van der Waals surface area contributed by atoms with Gasteiger partial charge in [0, 0.05) is 19.5 Å². The molecule has 1 rings (SSSR count). The van der Waals surface area contributed by atoms with E-state index in [0.717, 1.165) is 0 Å². The zero-order valence-corrected chi connectivity index (χ0v) is 9.68. The van der Waals surface area contributed by atoms with Gasteiger partial charge in [0.15, 0.2) is 0 Å². The molecular formula is C10H17N3O4. The van der Waals surface area contributed by atoms with Gasteiger partial charge < -0.3 is 21.1 Å². The summed E-state index contributed by atoms with van der Waals surface area (Å²) in [5.74, 6) is -1.57. The van der Waals surface area contributed by atoms with Crippen molar-refractivity contribution in [1.82, 2.24) is 10.2 Å². The standard InChI is InChI=1S/C10H17N3O4/c1-6-9(16)12-4-5-13(6)10(17)7(11)2-3-8(14)15/h6-7H,2-5,11H2,1H3,(H,12,16)(H,14,15). The van der Waals surface area contributed by atoms with Gasteiger partial charge in [-0.05, 0) is 13.3 Å². The van der Waals surface area contributed by atoms with Crippen LogP contribution >= 0.6 is 0 Å². The van der Waals surface area contributed by atoms with Crippen LogP contribution < -0.4 is 11.1 Å². The van der Waals surface area contributed by atoms with Crippen molar-refractivity contribution in [3.8, 4) is 0 Å². The lowest BCUT2D eigenvalue weighted by atomic mass is 10.1. The SMILES string of the molecule is CC1C(=O)NCCN1C(=O)C(N)CCC(=O)O. The third-order valence-electron chi connectivity index (χ3n) is 2.77. The second kappa shape index (κ2) is 5.62. The molecule has 0 aromatic carbocycles. The summed E-state index contributed by atoms with van der Waals surface area (Å²) in [6.45, 7) is 2.43. The van der Waals surface area contributed by atoms with Crippen LogP contribution in [-0.2, 0) is 14.4 Å². The van der Waals surface area contributed by atoms with E-state index in [1.54, 1.807) is 6.92 Å². The largest absolute Gasteiger partial charge is 0.481 e. The molecule has 7 nitrogen and oxygen atoms in total. The highest BCUT2D eigenvalue weighted by Crippen LogP contribution is 2.08. The van der Waals surface area contributed by atoms with Crippen molar-refractivity contribution >= 4 is 17.8 Å². The summed E-state index contributed by atoms with van der Waals surface area (Å²) in [5, 5.41) is 11.1. The molecule has 0 aromatic rings. The average Bonchev–Trinajstić information content (AvgIpc) is 2.28. The zero-order chi connectivity index (χ0) is 13.0. The molecule has 2 amide bonds. The van der Waals surface area contributed by atoms with Gasteiger partial charge in [-0.2, -0.15) is 0 Å². The van der Waals surface area contributed by atoms with E-state index in [1.165, 1.54) is 4.90 Å². The lowest BCUT2D eigenvalue weighted by Crippen LogP contribution is -2.59. The highest BCUT2D eigenvalue weighted by atomic mass is 16.4. The van der Waals surface area contributed by atoms with E-state index in [0.29, 0.717) is 13.1 Å². The summed E-state index contributed by atoms with van der Waals surface area (Å²) in [4.78, 5) is 35.0. The number of carbonyl (C=O) groups excluding carboxylic acids is 2. The summed E-state index contributed by atoms with van der Waals surface area (Å²) < 4.78 is 0. The number of aliphatic carboxylic acids is 1. The first kappa shape index (κ1) is 13.4. The summed E-state index contributed by atoms with van der Waals surface area (Å²) in [7, 11) is 0. The number of nitrogens with one attached hydrogen (secondary N) is 1. The maximum absolute atomic E-state index is 11.9. The maximum atomic E-state index is 11.9. The number of hydrogen-bond acceptors (Lipinski definition) is 4. The first-order valence-corrected chi connectivity index (χ1v) is 5.49. The van der Waals surface area contributed by atoms with Crippen LogP contribution in [0, 0.1) is 0 Å². The monoisotopic (exact) mass is 243 g/mol. The van der Waals surface area contributed by atoms with E-state index in [2.05, 4.69) is 5.32 Å².